The van der Waals surface area contributed by atoms with Gasteiger partial charge in [0.1, 0.15) is 6.04 Å². The van der Waals surface area contributed by atoms with E-state index in [4.69, 9.17) is 11.6 Å². The number of aliphatic hydroxyl groups is 1. The van der Waals surface area contributed by atoms with Gasteiger partial charge in [-0.1, -0.05) is 35.9 Å². The first-order valence-electron chi connectivity index (χ1n) is 9.32. The summed E-state index contributed by atoms with van der Waals surface area (Å²) < 4.78 is 0. The molecule has 144 valence electrons. The van der Waals surface area contributed by atoms with Gasteiger partial charge < -0.3 is 15.7 Å². The van der Waals surface area contributed by atoms with Crippen LogP contribution in [0.15, 0.2) is 48.5 Å². The van der Waals surface area contributed by atoms with Gasteiger partial charge in [0.25, 0.3) is 0 Å². The largest absolute Gasteiger partial charge is 0.393 e. The average Bonchev–Trinajstić information content (AvgIpc) is 2.66. The molecule has 0 bridgehead atoms. The lowest BCUT2D eigenvalue weighted by atomic mass is 10.1. The number of aliphatic hydroxyl groups excluding tert-OH is 1. The van der Waals surface area contributed by atoms with Crippen LogP contribution in [-0.2, 0) is 11.3 Å². The molecule has 2 aromatic carbocycles. The molecule has 1 atom stereocenters. The first-order chi connectivity index (χ1) is 13.0. The minimum Gasteiger partial charge on any atom is -0.393 e. The third kappa shape index (κ3) is 5.70. The van der Waals surface area contributed by atoms with Crippen molar-refractivity contribution in [2.24, 2.45) is 0 Å². The van der Waals surface area contributed by atoms with Crippen LogP contribution in [0.5, 0.6) is 0 Å². The van der Waals surface area contributed by atoms with Crippen molar-refractivity contribution in [3.05, 3.63) is 59.1 Å². The monoisotopic (exact) mass is 387 g/mol. The smallest absolute Gasteiger partial charge is 0.246 e. The van der Waals surface area contributed by atoms with Crippen molar-refractivity contribution >= 4 is 28.9 Å². The number of anilines is 2. The standard InChI is InChI=1S/C21H26ClN3O2/c1-15(21(27)24-20-8-3-2-7-19(20)22)23-17-6-4-5-16(13-17)14-25-11-9-18(26)10-12-25/h2-8,13,15,18,23,26H,9-12,14H2,1H3,(H,24,27). The highest BCUT2D eigenvalue weighted by molar-refractivity contribution is 6.33. The third-order valence-corrected chi connectivity index (χ3v) is 5.13. The van der Waals surface area contributed by atoms with Gasteiger partial charge >= 0.3 is 0 Å². The number of nitrogens with one attached hydrogen (secondary N) is 2. The van der Waals surface area contributed by atoms with E-state index in [-0.39, 0.29) is 12.0 Å². The number of likely N-dealkylation sites (tertiary alicyclic amines) is 1. The molecule has 1 amide bonds. The van der Waals surface area contributed by atoms with E-state index >= 15 is 0 Å². The molecule has 0 aliphatic carbocycles. The molecular weight excluding hydrogens is 362 g/mol. The van der Waals surface area contributed by atoms with Gasteiger partial charge in [0.05, 0.1) is 16.8 Å². The number of nitrogens with zero attached hydrogens (tertiary/aromatic N) is 1. The summed E-state index contributed by atoms with van der Waals surface area (Å²) in [7, 11) is 0. The molecule has 0 saturated carbocycles. The highest BCUT2D eigenvalue weighted by Crippen LogP contribution is 2.21. The summed E-state index contributed by atoms with van der Waals surface area (Å²) in [5.74, 6) is -0.140. The molecule has 3 rings (SSSR count). The van der Waals surface area contributed by atoms with E-state index in [0.717, 1.165) is 38.2 Å². The van der Waals surface area contributed by atoms with Crippen molar-refractivity contribution in [1.29, 1.82) is 0 Å². The van der Waals surface area contributed by atoms with E-state index in [1.165, 1.54) is 5.56 Å². The van der Waals surface area contributed by atoms with Gasteiger partial charge in [-0.15, -0.1) is 0 Å². The van der Waals surface area contributed by atoms with E-state index in [1.807, 2.05) is 31.2 Å². The topological polar surface area (TPSA) is 64.6 Å². The van der Waals surface area contributed by atoms with Gasteiger partial charge in [0.2, 0.25) is 5.91 Å². The molecule has 1 fully saturated rings. The molecule has 3 N–H and O–H groups in total. The third-order valence-electron chi connectivity index (χ3n) is 4.80. The first-order valence-corrected chi connectivity index (χ1v) is 9.70. The molecule has 2 aromatic rings. The molecule has 5 nitrogen and oxygen atoms in total. The molecule has 0 radical (unpaired) electrons. The van der Waals surface area contributed by atoms with E-state index in [9.17, 15) is 9.90 Å². The lowest BCUT2D eigenvalue weighted by molar-refractivity contribution is -0.116. The molecule has 1 heterocycles. The van der Waals surface area contributed by atoms with Crippen LogP contribution in [0.1, 0.15) is 25.3 Å². The number of rotatable bonds is 6. The van der Waals surface area contributed by atoms with Crippen molar-refractivity contribution in [3.8, 4) is 0 Å². The summed E-state index contributed by atoms with van der Waals surface area (Å²) in [5.41, 5.74) is 2.71. The highest BCUT2D eigenvalue weighted by atomic mass is 35.5. The van der Waals surface area contributed by atoms with Crippen LogP contribution in [0.25, 0.3) is 0 Å². The maximum absolute atomic E-state index is 12.4. The van der Waals surface area contributed by atoms with Gasteiger partial charge in [-0.05, 0) is 49.6 Å². The van der Waals surface area contributed by atoms with Crippen LogP contribution in [0.3, 0.4) is 0 Å². The molecule has 1 saturated heterocycles. The van der Waals surface area contributed by atoms with Crippen LogP contribution in [-0.4, -0.2) is 41.1 Å². The number of halogens is 1. The zero-order valence-electron chi connectivity index (χ0n) is 15.5. The zero-order valence-corrected chi connectivity index (χ0v) is 16.2. The normalized spacial score (nSPS) is 16.7. The molecule has 1 aliphatic heterocycles. The van der Waals surface area contributed by atoms with Gasteiger partial charge in [0, 0.05) is 25.3 Å². The maximum Gasteiger partial charge on any atom is 0.246 e. The van der Waals surface area contributed by atoms with Crippen LogP contribution >= 0.6 is 11.6 Å². The van der Waals surface area contributed by atoms with Crippen LogP contribution in [0.4, 0.5) is 11.4 Å². The SMILES string of the molecule is CC(Nc1cccc(CN2CCC(O)CC2)c1)C(=O)Nc1ccccc1Cl. The van der Waals surface area contributed by atoms with E-state index in [0.29, 0.717) is 10.7 Å². The first kappa shape index (κ1) is 19.7. The Morgan fingerprint density at radius 3 is 2.70 bits per heavy atom. The Bertz CT molecular complexity index is 776. The highest BCUT2D eigenvalue weighted by Gasteiger charge is 2.17. The van der Waals surface area contributed by atoms with E-state index in [1.54, 1.807) is 12.1 Å². The summed E-state index contributed by atoms with van der Waals surface area (Å²) in [6, 6.07) is 14.9. The number of carbonyl (C=O) groups is 1. The predicted octanol–water partition coefficient (Wildman–Crippen LogP) is 3.74. The Morgan fingerprint density at radius 2 is 1.96 bits per heavy atom. The van der Waals surface area contributed by atoms with Gasteiger partial charge in [0.15, 0.2) is 0 Å². The molecule has 1 unspecified atom stereocenters. The molecule has 6 heteroatoms. The second-order valence-electron chi connectivity index (χ2n) is 7.04. The summed E-state index contributed by atoms with van der Waals surface area (Å²) in [6.45, 7) is 4.50. The lowest BCUT2D eigenvalue weighted by Crippen LogP contribution is -2.35. The Balaban J connectivity index is 1.56. The minimum atomic E-state index is -0.401. The molecule has 0 aromatic heterocycles. The van der Waals surface area contributed by atoms with Crippen LogP contribution < -0.4 is 10.6 Å². The van der Waals surface area contributed by atoms with Gasteiger partial charge in [-0.3, -0.25) is 9.69 Å². The summed E-state index contributed by atoms with van der Waals surface area (Å²) in [4.78, 5) is 14.8. The van der Waals surface area contributed by atoms with Crippen molar-refractivity contribution < 1.29 is 9.90 Å². The molecule has 27 heavy (non-hydrogen) atoms. The molecular formula is C21H26ClN3O2. The van der Waals surface area contributed by atoms with Gasteiger partial charge in [-0.2, -0.15) is 0 Å². The number of para-hydroxylation sites is 1. The number of amides is 1. The fourth-order valence-corrected chi connectivity index (χ4v) is 3.40. The quantitative estimate of drug-likeness (QED) is 0.706. The van der Waals surface area contributed by atoms with Crippen molar-refractivity contribution in [2.75, 3.05) is 23.7 Å². The van der Waals surface area contributed by atoms with Crippen molar-refractivity contribution in [1.82, 2.24) is 4.90 Å². The zero-order chi connectivity index (χ0) is 19.2. The summed E-state index contributed by atoms with van der Waals surface area (Å²) >= 11 is 6.10. The molecule has 0 spiro atoms. The Hall–Kier alpha value is -2.08. The second-order valence-corrected chi connectivity index (χ2v) is 7.45. The number of hydrogen-bond donors (Lipinski definition) is 3. The summed E-state index contributed by atoms with van der Waals surface area (Å²) in [5, 5.41) is 16.3. The van der Waals surface area contributed by atoms with Crippen LogP contribution in [0.2, 0.25) is 5.02 Å². The minimum absolute atomic E-state index is 0.140. The van der Waals surface area contributed by atoms with Crippen LogP contribution in [0, 0.1) is 0 Å². The number of carbonyl (C=O) groups excluding carboxylic acids is 1. The lowest BCUT2D eigenvalue weighted by Gasteiger charge is -2.29. The average molecular weight is 388 g/mol. The fraction of sp³-hybridized carbons (Fsp3) is 0.381. The fourth-order valence-electron chi connectivity index (χ4n) is 3.21. The maximum atomic E-state index is 12.4. The van der Waals surface area contributed by atoms with Gasteiger partial charge in [-0.25, -0.2) is 0 Å². The number of benzene rings is 2. The number of hydrogen-bond acceptors (Lipinski definition) is 4. The van der Waals surface area contributed by atoms with E-state index < -0.39 is 6.04 Å². The Kier molecular flexibility index (Phi) is 6.72. The van der Waals surface area contributed by atoms with E-state index in [2.05, 4.69) is 27.7 Å². The van der Waals surface area contributed by atoms with Crippen molar-refractivity contribution in [2.45, 2.75) is 38.5 Å². The number of piperidine rings is 1. The second kappa shape index (κ2) is 9.22. The Labute approximate surface area is 165 Å². The Morgan fingerprint density at radius 1 is 1.22 bits per heavy atom. The molecule has 1 aliphatic rings. The predicted molar refractivity (Wildman–Crippen MR) is 110 cm³/mol. The summed E-state index contributed by atoms with van der Waals surface area (Å²) in [6.07, 6.45) is 1.50. The van der Waals surface area contributed by atoms with Crippen molar-refractivity contribution in [3.63, 3.8) is 0 Å².